The van der Waals surface area contributed by atoms with Crippen molar-refractivity contribution >= 4 is 17.8 Å². The number of amides is 2. The number of cyclic esters (lactones) is 1. The molecule has 0 bridgehead atoms. The van der Waals surface area contributed by atoms with Gasteiger partial charge in [0.05, 0.1) is 19.1 Å². The van der Waals surface area contributed by atoms with E-state index >= 15 is 0 Å². The second-order valence-electron chi connectivity index (χ2n) is 7.64. The van der Waals surface area contributed by atoms with Crippen molar-refractivity contribution in [2.24, 2.45) is 5.92 Å². The van der Waals surface area contributed by atoms with Crippen molar-refractivity contribution in [3.8, 4) is 0 Å². The molecule has 7 nitrogen and oxygen atoms in total. The molecular formula is C23H32N2O5. The van der Waals surface area contributed by atoms with Crippen LogP contribution in [0.4, 0.5) is 0 Å². The Morgan fingerprint density at radius 2 is 2.00 bits per heavy atom. The molecule has 0 aromatic heterocycles. The minimum atomic E-state index is -0.579. The molecule has 0 fully saturated rings. The Morgan fingerprint density at radius 1 is 1.23 bits per heavy atom. The van der Waals surface area contributed by atoms with Crippen molar-refractivity contribution in [2.45, 2.75) is 57.6 Å². The Hall–Kier alpha value is -2.67. The Bertz CT molecular complexity index is 720. The van der Waals surface area contributed by atoms with Crippen LogP contribution in [0.1, 0.15) is 57.1 Å². The predicted molar refractivity (Wildman–Crippen MR) is 113 cm³/mol. The number of rotatable bonds is 5. The zero-order valence-corrected chi connectivity index (χ0v) is 17.5. The first-order valence-electron chi connectivity index (χ1n) is 10.6. The number of aliphatic hydroxyl groups is 1. The molecule has 1 aliphatic heterocycles. The molecule has 2 rings (SSSR count). The lowest BCUT2D eigenvalue weighted by atomic mass is 9.98. The summed E-state index contributed by atoms with van der Waals surface area (Å²) in [5.74, 6) is -1.37. The summed E-state index contributed by atoms with van der Waals surface area (Å²) in [6.07, 6.45) is 6.54. The quantitative estimate of drug-likeness (QED) is 0.505. The highest BCUT2D eigenvalue weighted by atomic mass is 16.5. The predicted octanol–water partition coefficient (Wildman–Crippen LogP) is 2.41. The maximum atomic E-state index is 12.8. The second kappa shape index (κ2) is 12.8. The fourth-order valence-corrected chi connectivity index (χ4v) is 3.25. The van der Waals surface area contributed by atoms with Crippen LogP contribution in [0.5, 0.6) is 0 Å². The number of esters is 1. The number of hydrogen-bond donors (Lipinski definition) is 3. The van der Waals surface area contributed by atoms with Gasteiger partial charge in [0.25, 0.3) is 0 Å². The molecule has 1 heterocycles. The fraction of sp³-hybridized carbons (Fsp3) is 0.522. The van der Waals surface area contributed by atoms with Gasteiger partial charge in [-0.1, -0.05) is 42.5 Å². The third-order valence-electron chi connectivity index (χ3n) is 4.98. The summed E-state index contributed by atoms with van der Waals surface area (Å²) < 4.78 is 5.63. The number of aliphatic hydroxyl groups excluding tert-OH is 1. The minimum Gasteiger partial charge on any atom is -0.456 e. The summed E-state index contributed by atoms with van der Waals surface area (Å²) in [6, 6.07) is 8.94. The van der Waals surface area contributed by atoms with E-state index in [0.29, 0.717) is 12.8 Å². The van der Waals surface area contributed by atoms with E-state index in [1.54, 1.807) is 6.92 Å². The van der Waals surface area contributed by atoms with Gasteiger partial charge in [-0.25, -0.2) is 0 Å². The third-order valence-corrected chi connectivity index (χ3v) is 4.98. The lowest BCUT2D eigenvalue weighted by molar-refractivity contribution is -0.150. The molecule has 1 aromatic rings. The average Bonchev–Trinajstić information content (AvgIpc) is 2.74. The molecule has 0 saturated heterocycles. The molecule has 0 radical (unpaired) electrons. The maximum absolute atomic E-state index is 12.8. The fourth-order valence-electron chi connectivity index (χ4n) is 3.25. The Morgan fingerprint density at radius 3 is 2.73 bits per heavy atom. The van der Waals surface area contributed by atoms with E-state index < -0.39 is 12.0 Å². The van der Waals surface area contributed by atoms with E-state index in [1.165, 1.54) is 0 Å². The van der Waals surface area contributed by atoms with E-state index in [2.05, 4.69) is 10.6 Å². The Balaban J connectivity index is 2.11. The van der Waals surface area contributed by atoms with E-state index in [4.69, 9.17) is 9.84 Å². The van der Waals surface area contributed by atoms with E-state index in [1.807, 2.05) is 42.5 Å². The van der Waals surface area contributed by atoms with Gasteiger partial charge < -0.3 is 20.5 Å². The molecule has 0 unspecified atom stereocenters. The van der Waals surface area contributed by atoms with Gasteiger partial charge in [-0.15, -0.1) is 0 Å². The summed E-state index contributed by atoms with van der Waals surface area (Å²) in [6.45, 7) is 1.68. The molecule has 1 aliphatic rings. The van der Waals surface area contributed by atoms with Crippen molar-refractivity contribution < 1.29 is 24.2 Å². The zero-order chi connectivity index (χ0) is 21.8. The molecule has 0 saturated carbocycles. The summed E-state index contributed by atoms with van der Waals surface area (Å²) in [4.78, 5) is 37.3. The SMILES string of the molecule is C[C@H](CO)NC(=O)C[C@H]1CC=CCCCCC(=O)O[C@H](c2ccccc2)CNC1=O. The first kappa shape index (κ1) is 23.6. The molecule has 164 valence electrons. The van der Waals surface area contributed by atoms with Crippen LogP contribution in [0.25, 0.3) is 0 Å². The molecule has 2 amide bonds. The van der Waals surface area contributed by atoms with Crippen molar-refractivity contribution in [1.82, 2.24) is 10.6 Å². The van der Waals surface area contributed by atoms with Crippen molar-refractivity contribution in [3.05, 3.63) is 48.0 Å². The van der Waals surface area contributed by atoms with Crippen LogP contribution in [0.2, 0.25) is 0 Å². The van der Waals surface area contributed by atoms with Crippen LogP contribution in [0.3, 0.4) is 0 Å². The van der Waals surface area contributed by atoms with Crippen LogP contribution in [-0.2, 0) is 19.1 Å². The lowest BCUT2D eigenvalue weighted by Gasteiger charge is -2.22. The molecule has 0 aliphatic carbocycles. The van der Waals surface area contributed by atoms with Gasteiger partial charge in [0, 0.05) is 18.9 Å². The molecule has 1 aromatic carbocycles. The number of carbonyl (C=O) groups is 3. The molecule has 3 atom stereocenters. The molecule has 3 N–H and O–H groups in total. The van der Waals surface area contributed by atoms with Crippen LogP contribution in [0, 0.1) is 5.92 Å². The highest BCUT2D eigenvalue weighted by molar-refractivity contribution is 5.86. The van der Waals surface area contributed by atoms with Crippen LogP contribution in [-0.4, -0.2) is 42.1 Å². The van der Waals surface area contributed by atoms with E-state index in [0.717, 1.165) is 24.8 Å². The highest BCUT2D eigenvalue weighted by Gasteiger charge is 2.24. The largest absolute Gasteiger partial charge is 0.456 e. The number of ether oxygens (including phenoxy) is 1. The second-order valence-corrected chi connectivity index (χ2v) is 7.64. The number of benzene rings is 1. The summed E-state index contributed by atoms with van der Waals surface area (Å²) in [7, 11) is 0. The van der Waals surface area contributed by atoms with Crippen LogP contribution < -0.4 is 10.6 Å². The molecule has 7 heteroatoms. The minimum absolute atomic E-state index is 0.0241. The summed E-state index contributed by atoms with van der Waals surface area (Å²) >= 11 is 0. The van der Waals surface area contributed by atoms with Crippen molar-refractivity contribution in [1.29, 1.82) is 0 Å². The van der Waals surface area contributed by atoms with Gasteiger partial charge in [-0.3, -0.25) is 14.4 Å². The van der Waals surface area contributed by atoms with Crippen LogP contribution in [0.15, 0.2) is 42.5 Å². The number of nitrogens with one attached hydrogen (secondary N) is 2. The topological polar surface area (TPSA) is 105 Å². The first-order chi connectivity index (χ1) is 14.5. The number of hydrogen-bond acceptors (Lipinski definition) is 5. The lowest BCUT2D eigenvalue weighted by Crippen LogP contribution is -2.40. The van der Waals surface area contributed by atoms with Gasteiger partial charge in [0.2, 0.25) is 11.8 Å². The summed E-state index contributed by atoms with van der Waals surface area (Å²) in [5.41, 5.74) is 0.809. The molecule has 0 spiro atoms. The average molecular weight is 417 g/mol. The highest BCUT2D eigenvalue weighted by Crippen LogP contribution is 2.19. The zero-order valence-electron chi connectivity index (χ0n) is 17.5. The number of carbonyl (C=O) groups excluding carboxylic acids is 3. The van der Waals surface area contributed by atoms with E-state index in [-0.39, 0.29) is 43.4 Å². The summed E-state index contributed by atoms with van der Waals surface area (Å²) in [5, 5.41) is 14.6. The normalized spacial score (nSPS) is 22.3. The first-order valence-corrected chi connectivity index (χ1v) is 10.6. The standard InChI is InChI=1S/C23H32N2O5/c1-17(16-26)25-21(27)14-19-12-6-3-2-4-9-13-22(28)30-20(15-24-23(19)29)18-10-7-5-8-11-18/h3,5-8,10-11,17,19-20,26H,2,4,9,12-16H2,1H3,(H,24,29)(H,25,27)/t17-,19-,20+/m1/s1. The smallest absolute Gasteiger partial charge is 0.306 e. The van der Waals surface area contributed by atoms with Gasteiger partial charge in [0.1, 0.15) is 6.10 Å². The van der Waals surface area contributed by atoms with Crippen molar-refractivity contribution in [2.75, 3.05) is 13.2 Å². The van der Waals surface area contributed by atoms with E-state index in [9.17, 15) is 14.4 Å². The van der Waals surface area contributed by atoms with Gasteiger partial charge in [0.15, 0.2) is 0 Å². The van der Waals surface area contributed by atoms with Gasteiger partial charge in [-0.2, -0.15) is 0 Å². The Labute approximate surface area is 177 Å². The van der Waals surface area contributed by atoms with Crippen molar-refractivity contribution in [3.63, 3.8) is 0 Å². The maximum Gasteiger partial charge on any atom is 0.306 e. The van der Waals surface area contributed by atoms with Gasteiger partial charge in [-0.05, 0) is 38.2 Å². The molecular weight excluding hydrogens is 384 g/mol. The monoisotopic (exact) mass is 416 g/mol. The number of allylic oxidation sites excluding steroid dienone is 2. The van der Waals surface area contributed by atoms with Crippen LogP contribution >= 0.6 is 0 Å². The van der Waals surface area contributed by atoms with Gasteiger partial charge >= 0.3 is 5.97 Å². The molecule has 30 heavy (non-hydrogen) atoms. The third kappa shape index (κ3) is 8.37. The Kier molecular flexibility index (Phi) is 10.1.